The smallest absolute Gasteiger partial charge is 0.422 e. The fourth-order valence-electron chi connectivity index (χ4n) is 4.87. The van der Waals surface area contributed by atoms with Crippen LogP contribution in [0, 0.1) is 0 Å². The molecule has 11 nitrogen and oxygen atoms in total. The molecule has 0 bridgehead atoms. The van der Waals surface area contributed by atoms with E-state index in [1.165, 1.54) is 16.5 Å². The largest absolute Gasteiger partial charge is 0.481 e. The Bertz CT molecular complexity index is 1510. The van der Waals surface area contributed by atoms with Crippen molar-refractivity contribution in [3.8, 4) is 5.75 Å². The van der Waals surface area contributed by atoms with E-state index in [4.69, 9.17) is 9.84 Å². The van der Waals surface area contributed by atoms with Crippen LogP contribution in [0.15, 0.2) is 35.1 Å². The van der Waals surface area contributed by atoms with Crippen LogP contribution in [0.5, 0.6) is 5.75 Å². The number of benzene rings is 1. The number of carbonyl (C=O) groups is 3. The maximum Gasteiger partial charge on any atom is 0.422 e. The topological polar surface area (TPSA) is 136 Å². The number of carbonyl (C=O) groups excluding carboxylic acids is 3. The lowest BCUT2D eigenvalue weighted by atomic mass is 10.0. The minimum absolute atomic E-state index is 0.0547. The van der Waals surface area contributed by atoms with E-state index in [-0.39, 0.29) is 42.1 Å². The number of piperidine rings is 1. The maximum absolute atomic E-state index is 13.7. The molecule has 1 fully saturated rings. The average Bonchev–Trinajstić information content (AvgIpc) is 3.24. The lowest BCUT2D eigenvalue weighted by Gasteiger charge is -2.32. The minimum atomic E-state index is -4.76. The van der Waals surface area contributed by atoms with Gasteiger partial charge in [-0.05, 0) is 12.8 Å². The number of ketones is 1. The summed E-state index contributed by atoms with van der Waals surface area (Å²) in [5, 5.41) is 11.5. The number of nitrogens with one attached hydrogen (secondary N) is 1. The number of aliphatic hydroxyl groups excluding tert-OH is 1. The van der Waals surface area contributed by atoms with Crippen molar-refractivity contribution in [2.45, 2.75) is 44.9 Å². The predicted octanol–water partition coefficient (Wildman–Crippen LogP) is 1.83. The molecule has 41 heavy (non-hydrogen) atoms. The third kappa shape index (κ3) is 6.42. The number of aryl methyl sites for hydroxylation is 2. The van der Waals surface area contributed by atoms with Gasteiger partial charge in [0, 0.05) is 38.2 Å². The van der Waals surface area contributed by atoms with Gasteiger partial charge in [-0.1, -0.05) is 37.3 Å². The molecule has 0 atom stereocenters. The molecule has 0 saturated carbocycles. The lowest BCUT2D eigenvalue weighted by molar-refractivity contribution is -0.153. The van der Waals surface area contributed by atoms with Crippen LogP contribution in [0.4, 0.5) is 13.2 Å². The number of hydrogen-bond donors (Lipinski definition) is 2. The third-order valence-electron chi connectivity index (χ3n) is 6.95. The monoisotopic (exact) mass is 577 g/mol. The van der Waals surface area contributed by atoms with E-state index in [1.54, 1.807) is 37.3 Å². The van der Waals surface area contributed by atoms with Crippen molar-refractivity contribution in [2.24, 2.45) is 7.05 Å². The number of amides is 2. The van der Waals surface area contributed by atoms with Crippen LogP contribution in [-0.4, -0.2) is 80.2 Å². The summed E-state index contributed by atoms with van der Waals surface area (Å²) in [6, 6.07) is 7.80. The van der Waals surface area contributed by atoms with Gasteiger partial charge >= 0.3 is 6.18 Å². The van der Waals surface area contributed by atoms with Crippen LogP contribution in [0.3, 0.4) is 0 Å². The molecule has 1 aromatic carbocycles. The zero-order valence-electron chi connectivity index (χ0n) is 22.5. The van der Waals surface area contributed by atoms with Gasteiger partial charge in [-0.2, -0.15) is 13.2 Å². The molecule has 1 aliphatic rings. The second-order valence-corrected chi connectivity index (χ2v) is 9.69. The van der Waals surface area contributed by atoms with E-state index in [9.17, 15) is 32.3 Å². The first-order valence-electron chi connectivity index (χ1n) is 13.0. The number of rotatable bonds is 9. The van der Waals surface area contributed by atoms with Crippen LogP contribution in [0.1, 0.15) is 46.4 Å². The van der Waals surface area contributed by atoms with Crippen LogP contribution < -0.4 is 15.6 Å². The molecule has 0 radical (unpaired) electrons. The number of nitrogens with zero attached hydrogens (tertiary/aromatic N) is 4. The summed E-state index contributed by atoms with van der Waals surface area (Å²) in [4.78, 5) is 57.7. The first-order valence-corrected chi connectivity index (χ1v) is 13.0. The van der Waals surface area contributed by atoms with Crippen LogP contribution >= 0.6 is 0 Å². The fourth-order valence-corrected chi connectivity index (χ4v) is 4.87. The van der Waals surface area contributed by atoms with Gasteiger partial charge in [0.25, 0.3) is 11.5 Å². The number of halogens is 3. The van der Waals surface area contributed by atoms with E-state index < -0.39 is 60.9 Å². The predicted molar refractivity (Wildman–Crippen MR) is 141 cm³/mol. The molecular weight excluding hydrogens is 547 g/mol. The molecule has 0 aliphatic carbocycles. The van der Waals surface area contributed by atoms with Gasteiger partial charge < -0.3 is 24.6 Å². The minimum Gasteiger partial charge on any atom is -0.481 e. The number of alkyl halides is 3. The number of ether oxygens (including phenoxy) is 1. The maximum atomic E-state index is 13.7. The molecule has 2 N–H and O–H groups in total. The first-order chi connectivity index (χ1) is 19.4. The van der Waals surface area contributed by atoms with Crippen molar-refractivity contribution in [3.63, 3.8) is 0 Å². The van der Waals surface area contributed by atoms with Crippen molar-refractivity contribution in [1.82, 2.24) is 24.3 Å². The highest BCUT2D eigenvalue weighted by Gasteiger charge is 2.34. The Morgan fingerprint density at radius 1 is 1.15 bits per heavy atom. The van der Waals surface area contributed by atoms with Crippen molar-refractivity contribution < 1.29 is 37.4 Å². The van der Waals surface area contributed by atoms with E-state index in [2.05, 4.69) is 10.3 Å². The summed E-state index contributed by atoms with van der Waals surface area (Å²) in [6.07, 6.45) is -3.83. The third-order valence-corrected chi connectivity index (χ3v) is 6.95. The molecule has 2 aromatic heterocycles. The molecule has 3 heterocycles. The highest BCUT2D eigenvalue weighted by Crippen LogP contribution is 2.32. The van der Waals surface area contributed by atoms with Gasteiger partial charge in [-0.3, -0.25) is 23.7 Å². The Kier molecular flexibility index (Phi) is 8.80. The second kappa shape index (κ2) is 12.1. The van der Waals surface area contributed by atoms with Crippen molar-refractivity contribution >= 4 is 28.6 Å². The average molecular weight is 578 g/mol. The van der Waals surface area contributed by atoms with Crippen LogP contribution in [0.25, 0.3) is 11.0 Å². The van der Waals surface area contributed by atoms with E-state index in [0.29, 0.717) is 18.4 Å². The number of likely N-dealkylation sites (tertiary alicyclic amines) is 1. The molecular formula is C27H30F3N5O6. The Labute approximate surface area is 232 Å². The highest BCUT2D eigenvalue weighted by molar-refractivity contribution is 6.03. The molecule has 14 heteroatoms. The zero-order chi connectivity index (χ0) is 29.9. The number of aliphatic hydroxyl groups is 1. The normalized spacial score (nSPS) is 14.3. The molecule has 2 amide bonds. The number of Topliss-reactive ketones (excluding diaryl/α,β-unsaturated/α-hetero) is 1. The standard InChI is InChI=1S/C27H30F3N5O6/c1-3-19-32-24-21(26(40)35(19)13-18(37)16-7-5-4-6-8-16)23(41-15-27(28,29)30)22(33(24)2)25(39)31-17-9-11-34(12-10-17)20(38)14-36/h4-8,17,36H,3,9-15H2,1-2H3,(H,31,39). The van der Waals surface area contributed by atoms with Crippen molar-refractivity contribution in [3.05, 3.63) is 57.8 Å². The summed E-state index contributed by atoms with van der Waals surface area (Å²) in [5.41, 5.74) is -0.841. The Morgan fingerprint density at radius 3 is 2.39 bits per heavy atom. The summed E-state index contributed by atoms with van der Waals surface area (Å²) in [5.74, 6) is -1.99. The summed E-state index contributed by atoms with van der Waals surface area (Å²) in [6.45, 7) is -0.533. The van der Waals surface area contributed by atoms with Crippen molar-refractivity contribution in [1.29, 1.82) is 0 Å². The summed E-state index contributed by atoms with van der Waals surface area (Å²) < 4.78 is 47.0. The summed E-state index contributed by atoms with van der Waals surface area (Å²) in [7, 11) is 1.39. The molecule has 220 valence electrons. The SMILES string of the molecule is CCc1nc2c(c(OCC(F)(F)F)c(C(=O)NC3CCN(C(=O)CO)CC3)n2C)c(=O)n1CC(=O)c1ccccc1. The molecule has 1 aliphatic heterocycles. The first kappa shape index (κ1) is 29.8. The Balaban J connectivity index is 1.75. The second-order valence-electron chi connectivity index (χ2n) is 9.69. The van der Waals surface area contributed by atoms with Gasteiger partial charge in [0.1, 0.15) is 17.8 Å². The lowest BCUT2D eigenvalue weighted by Crippen LogP contribution is -2.47. The van der Waals surface area contributed by atoms with Crippen molar-refractivity contribution in [2.75, 3.05) is 26.3 Å². The Hall–Kier alpha value is -4.20. The molecule has 0 unspecified atom stereocenters. The van der Waals surface area contributed by atoms with E-state index in [1.807, 2.05) is 0 Å². The van der Waals surface area contributed by atoms with Crippen LogP contribution in [-0.2, 0) is 24.8 Å². The van der Waals surface area contributed by atoms with Gasteiger partial charge in [0.05, 0.1) is 6.54 Å². The molecule has 1 saturated heterocycles. The fraction of sp³-hybridized carbons (Fsp3) is 0.444. The number of hydrogen-bond acceptors (Lipinski definition) is 7. The zero-order valence-corrected chi connectivity index (χ0v) is 22.5. The van der Waals surface area contributed by atoms with Crippen LogP contribution in [0.2, 0.25) is 0 Å². The van der Waals surface area contributed by atoms with E-state index >= 15 is 0 Å². The molecule has 0 spiro atoms. The Morgan fingerprint density at radius 2 is 1.80 bits per heavy atom. The van der Waals surface area contributed by atoms with Gasteiger partial charge in [0.15, 0.2) is 29.5 Å². The quantitative estimate of drug-likeness (QED) is 0.371. The molecule has 3 aromatic rings. The summed E-state index contributed by atoms with van der Waals surface area (Å²) >= 11 is 0. The van der Waals surface area contributed by atoms with Gasteiger partial charge in [-0.25, -0.2) is 4.98 Å². The molecule has 4 rings (SSSR count). The highest BCUT2D eigenvalue weighted by atomic mass is 19.4. The van der Waals surface area contributed by atoms with Gasteiger partial charge in [-0.15, -0.1) is 0 Å². The van der Waals surface area contributed by atoms with E-state index in [0.717, 1.165) is 4.57 Å². The number of aromatic nitrogens is 3. The number of fused-ring (bicyclic) bond motifs is 1. The van der Waals surface area contributed by atoms with Gasteiger partial charge in [0.2, 0.25) is 5.91 Å².